The van der Waals surface area contributed by atoms with Crippen molar-refractivity contribution in [3.8, 4) is 11.8 Å². The standard InChI is InChI=1S/C31H38FN5O3/c1-3-23-24(32)11-10-21-15-22(38)16-26(27(21)23)37-18-25-28(30(37)39)29(36-13-6-4-5-7-14-36)34-31(33-25)40-19-20-9-8-12-35(2)17-20/h10-11,15-16,20,38H,3-9,12-14,17-19H2,1-2H3/t20-/m0/s1. The summed E-state index contributed by atoms with van der Waals surface area (Å²) in [6.45, 7) is 6.38. The zero-order valence-corrected chi connectivity index (χ0v) is 23.5. The number of nitrogens with zero attached hydrogens (tertiary/aromatic N) is 5. The summed E-state index contributed by atoms with van der Waals surface area (Å²) < 4.78 is 21.1. The smallest absolute Gasteiger partial charge is 0.318 e. The van der Waals surface area contributed by atoms with Crippen LogP contribution in [0.25, 0.3) is 10.8 Å². The molecule has 2 saturated heterocycles. The zero-order chi connectivity index (χ0) is 27.8. The Kier molecular flexibility index (Phi) is 7.49. The summed E-state index contributed by atoms with van der Waals surface area (Å²) in [5.41, 5.74) is 2.11. The maximum absolute atomic E-state index is 14.9. The van der Waals surface area contributed by atoms with Gasteiger partial charge in [0.15, 0.2) is 0 Å². The third kappa shape index (κ3) is 5.07. The van der Waals surface area contributed by atoms with E-state index in [4.69, 9.17) is 14.7 Å². The lowest BCUT2D eigenvalue weighted by molar-refractivity contribution is 0.0997. The van der Waals surface area contributed by atoms with E-state index in [1.807, 2.05) is 6.92 Å². The average molecular weight is 548 g/mol. The minimum Gasteiger partial charge on any atom is -0.508 e. The second kappa shape index (κ2) is 11.2. The van der Waals surface area contributed by atoms with Crippen molar-refractivity contribution in [3.05, 3.63) is 46.9 Å². The molecule has 1 N–H and O–H groups in total. The van der Waals surface area contributed by atoms with Gasteiger partial charge >= 0.3 is 6.01 Å². The SMILES string of the molecule is CCc1c(F)ccc2cc(O)cc(N3Cc4nc(OC[C@H]5CCCN(C)C5)nc(N5CCCCCC5)c4C3=O)c12. The van der Waals surface area contributed by atoms with Crippen molar-refractivity contribution in [1.82, 2.24) is 14.9 Å². The van der Waals surface area contributed by atoms with E-state index in [1.54, 1.807) is 23.1 Å². The summed E-state index contributed by atoms with van der Waals surface area (Å²) in [6.07, 6.45) is 7.11. The van der Waals surface area contributed by atoms with E-state index in [1.165, 1.54) is 6.07 Å². The van der Waals surface area contributed by atoms with E-state index >= 15 is 0 Å². The molecule has 3 aliphatic heterocycles. The van der Waals surface area contributed by atoms with Crippen molar-refractivity contribution in [2.24, 2.45) is 5.92 Å². The van der Waals surface area contributed by atoms with Crippen LogP contribution in [-0.4, -0.2) is 65.7 Å². The molecule has 1 amide bonds. The minimum atomic E-state index is -0.319. The van der Waals surface area contributed by atoms with Gasteiger partial charge in [0.05, 0.1) is 24.5 Å². The number of halogens is 1. The lowest BCUT2D eigenvalue weighted by atomic mass is 9.99. The van der Waals surface area contributed by atoms with Crippen molar-refractivity contribution >= 4 is 28.2 Å². The first-order valence-electron chi connectivity index (χ1n) is 14.7. The van der Waals surface area contributed by atoms with Crippen molar-refractivity contribution in [2.45, 2.75) is 58.4 Å². The second-order valence-electron chi connectivity index (χ2n) is 11.5. The summed E-state index contributed by atoms with van der Waals surface area (Å²) in [6, 6.07) is 6.55. The molecule has 3 aromatic rings. The second-order valence-corrected chi connectivity index (χ2v) is 11.5. The quantitative estimate of drug-likeness (QED) is 0.449. The number of anilines is 2. The predicted octanol–water partition coefficient (Wildman–Crippen LogP) is 5.30. The van der Waals surface area contributed by atoms with Crippen LogP contribution in [-0.2, 0) is 13.0 Å². The number of carbonyl (C=O) groups excluding carboxylic acids is 1. The molecule has 0 unspecified atom stereocenters. The summed E-state index contributed by atoms with van der Waals surface area (Å²) >= 11 is 0. The number of piperidine rings is 1. The molecule has 0 bridgehead atoms. The zero-order valence-electron chi connectivity index (χ0n) is 23.5. The lowest BCUT2D eigenvalue weighted by Gasteiger charge is -2.29. The highest BCUT2D eigenvalue weighted by Gasteiger charge is 2.37. The number of aromatic hydroxyl groups is 1. The van der Waals surface area contributed by atoms with Gasteiger partial charge in [-0.05, 0) is 68.8 Å². The van der Waals surface area contributed by atoms with Gasteiger partial charge in [0.25, 0.3) is 5.91 Å². The molecule has 40 heavy (non-hydrogen) atoms. The van der Waals surface area contributed by atoms with Crippen LogP contribution in [0.1, 0.15) is 67.1 Å². The highest BCUT2D eigenvalue weighted by Crippen LogP contribution is 2.41. The molecule has 0 aliphatic carbocycles. The molecule has 2 aromatic carbocycles. The number of hydrogen-bond donors (Lipinski definition) is 1. The first-order valence-corrected chi connectivity index (χ1v) is 14.7. The van der Waals surface area contributed by atoms with E-state index in [2.05, 4.69) is 16.8 Å². The van der Waals surface area contributed by atoms with Crippen LogP contribution in [0.2, 0.25) is 0 Å². The third-order valence-corrected chi connectivity index (χ3v) is 8.56. The van der Waals surface area contributed by atoms with Crippen LogP contribution in [0.3, 0.4) is 0 Å². The van der Waals surface area contributed by atoms with Crippen molar-refractivity contribution in [1.29, 1.82) is 0 Å². The Morgan fingerprint density at radius 1 is 1.07 bits per heavy atom. The molecule has 0 saturated carbocycles. The van der Waals surface area contributed by atoms with Crippen LogP contribution < -0.4 is 14.5 Å². The molecule has 6 rings (SSSR count). The first-order chi connectivity index (χ1) is 19.4. The molecule has 8 nitrogen and oxygen atoms in total. The van der Waals surface area contributed by atoms with Crippen LogP contribution in [0.4, 0.5) is 15.9 Å². The minimum absolute atomic E-state index is 0.0280. The molecule has 4 heterocycles. The molecule has 212 valence electrons. The molecule has 9 heteroatoms. The molecule has 0 spiro atoms. The highest BCUT2D eigenvalue weighted by atomic mass is 19.1. The van der Waals surface area contributed by atoms with E-state index in [0.29, 0.717) is 64.1 Å². The Labute approximate surface area is 234 Å². The Morgan fingerprint density at radius 2 is 1.88 bits per heavy atom. The van der Waals surface area contributed by atoms with Gasteiger partial charge in [-0.3, -0.25) is 4.79 Å². The van der Waals surface area contributed by atoms with Crippen molar-refractivity contribution < 1.29 is 19.0 Å². The van der Waals surface area contributed by atoms with Gasteiger partial charge in [-0.1, -0.05) is 25.8 Å². The van der Waals surface area contributed by atoms with Gasteiger partial charge in [0, 0.05) is 37.0 Å². The number of aryl methyl sites for hydroxylation is 1. The summed E-state index contributed by atoms with van der Waals surface area (Å²) in [5.74, 6) is 0.520. The molecular weight excluding hydrogens is 509 g/mol. The first kappa shape index (κ1) is 26.7. The highest BCUT2D eigenvalue weighted by molar-refractivity contribution is 6.16. The third-order valence-electron chi connectivity index (χ3n) is 8.56. The number of phenolic OH excluding ortho intramolecular Hbond substituents is 1. The largest absolute Gasteiger partial charge is 0.508 e. The van der Waals surface area contributed by atoms with Gasteiger partial charge in [0.2, 0.25) is 0 Å². The monoisotopic (exact) mass is 547 g/mol. The van der Waals surface area contributed by atoms with Gasteiger partial charge in [-0.2, -0.15) is 9.97 Å². The van der Waals surface area contributed by atoms with Crippen molar-refractivity contribution in [2.75, 3.05) is 49.6 Å². The van der Waals surface area contributed by atoms with Gasteiger partial charge in [-0.25, -0.2) is 4.39 Å². The van der Waals surface area contributed by atoms with Gasteiger partial charge in [-0.15, -0.1) is 0 Å². The summed E-state index contributed by atoms with van der Waals surface area (Å²) in [7, 11) is 2.14. The Hall–Kier alpha value is -3.46. The number of aromatic nitrogens is 2. The Balaban J connectivity index is 1.40. The van der Waals surface area contributed by atoms with E-state index in [0.717, 1.165) is 64.7 Å². The molecule has 2 fully saturated rings. The number of likely N-dealkylation sites (tertiary alicyclic amines) is 1. The lowest BCUT2D eigenvalue weighted by Crippen LogP contribution is -2.35. The number of fused-ring (bicyclic) bond motifs is 2. The predicted molar refractivity (Wildman–Crippen MR) is 154 cm³/mol. The topological polar surface area (TPSA) is 82.0 Å². The molecule has 3 aliphatic rings. The Morgan fingerprint density at radius 3 is 2.62 bits per heavy atom. The maximum Gasteiger partial charge on any atom is 0.318 e. The number of carbonyl (C=O) groups is 1. The van der Waals surface area contributed by atoms with E-state index in [-0.39, 0.29) is 24.0 Å². The number of rotatable bonds is 6. The maximum atomic E-state index is 14.9. The Bertz CT molecular complexity index is 1420. The van der Waals surface area contributed by atoms with Gasteiger partial charge in [0.1, 0.15) is 22.9 Å². The molecular formula is C31H38FN5O3. The fourth-order valence-electron chi connectivity index (χ4n) is 6.57. The van der Waals surface area contributed by atoms with Crippen LogP contribution >= 0.6 is 0 Å². The van der Waals surface area contributed by atoms with Gasteiger partial charge < -0.3 is 24.5 Å². The fraction of sp³-hybridized carbons (Fsp3) is 0.516. The van der Waals surface area contributed by atoms with E-state index in [9.17, 15) is 14.3 Å². The number of benzene rings is 2. The summed E-state index contributed by atoms with van der Waals surface area (Å²) in [5, 5.41) is 11.9. The van der Waals surface area contributed by atoms with E-state index < -0.39 is 0 Å². The molecule has 1 aromatic heterocycles. The summed E-state index contributed by atoms with van der Waals surface area (Å²) in [4.78, 5) is 29.9. The number of amides is 1. The number of phenols is 1. The van der Waals surface area contributed by atoms with Crippen LogP contribution in [0, 0.1) is 11.7 Å². The fourth-order valence-corrected chi connectivity index (χ4v) is 6.57. The van der Waals surface area contributed by atoms with Crippen molar-refractivity contribution in [3.63, 3.8) is 0 Å². The molecule has 0 radical (unpaired) electrons. The van der Waals surface area contributed by atoms with Crippen LogP contribution in [0.5, 0.6) is 11.8 Å². The van der Waals surface area contributed by atoms with Crippen LogP contribution in [0.15, 0.2) is 24.3 Å². The average Bonchev–Trinajstić information content (AvgIpc) is 3.10. The number of ether oxygens (including phenoxy) is 1. The number of hydrogen-bond acceptors (Lipinski definition) is 7. The normalized spacial score (nSPS) is 20.2. The molecule has 1 atom stereocenters.